The molecule has 4 nitrogen and oxygen atoms in total. The number of hydrogen-bond donors (Lipinski definition) is 0. The van der Waals surface area contributed by atoms with Crippen LogP contribution in [0.1, 0.15) is 12.8 Å². The van der Waals surface area contributed by atoms with Crippen LogP contribution in [0.2, 0.25) is 5.28 Å². The number of rotatable bonds is 4. The number of nitrogens with zero attached hydrogens (tertiary/aromatic N) is 4. The molecular weight excluding hydrogens is 280 g/mol. The summed E-state index contributed by atoms with van der Waals surface area (Å²) in [6.07, 6.45) is 2.66. The molecule has 1 saturated heterocycles. The molecule has 0 atom stereocenters. The van der Waals surface area contributed by atoms with Gasteiger partial charge in [-0.15, -0.1) is 11.3 Å². The molecule has 102 valence electrons. The fourth-order valence-corrected chi connectivity index (χ4v) is 3.48. The van der Waals surface area contributed by atoms with E-state index in [9.17, 15) is 0 Å². The lowest BCUT2D eigenvalue weighted by atomic mass is 10.3. The van der Waals surface area contributed by atoms with Gasteiger partial charge in [-0.05, 0) is 49.0 Å². The molecule has 1 aliphatic rings. The SMILES string of the molecule is CN(CCN1CCCC1)c1nc(Cl)nc2sccc12. The first-order valence-corrected chi connectivity index (χ1v) is 7.84. The van der Waals surface area contributed by atoms with Crippen LogP contribution in [0.5, 0.6) is 0 Å². The van der Waals surface area contributed by atoms with Crippen molar-refractivity contribution >= 4 is 39.0 Å². The molecule has 0 spiro atoms. The second-order valence-corrected chi connectivity index (χ2v) is 6.16. The van der Waals surface area contributed by atoms with E-state index >= 15 is 0 Å². The van der Waals surface area contributed by atoms with E-state index in [1.165, 1.54) is 25.9 Å². The smallest absolute Gasteiger partial charge is 0.225 e. The highest BCUT2D eigenvalue weighted by molar-refractivity contribution is 7.16. The van der Waals surface area contributed by atoms with Crippen molar-refractivity contribution in [2.75, 3.05) is 38.1 Å². The van der Waals surface area contributed by atoms with Crippen LogP contribution in [-0.4, -0.2) is 48.1 Å². The first-order chi connectivity index (χ1) is 9.24. The Hall–Kier alpha value is -0.910. The zero-order valence-electron chi connectivity index (χ0n) is 11.0. The minimum absolute atomic E-state index is 0.331. The van der Waals surface area contributed by atoms with Crippen LogP contribution in [0.4, 0.5) is 5.82 Å². The maximum absolute atomic E-state index is 6.00. The molecule has 0 radical (unpaired) electrons. The molecule has 0 aromatic carbocycles. The highest BCUT2D eigenvalue weighted by Gasteiger charge is 2.15. The van der Waals surface area contributed by atoms with E-state index in [-0.39, 0.29) is 0 Å². The third-order valence-electron chi connectivity index (χ3n) is 3.59. The Morgan fingerprint density at radius 1 is 1.37 bits per heavy atom. The van der Waals surface area contributed by atoms with Crippen molar-refractivity contribution in [1.82, 2.24) is 14.9 Å². The summed E-state index contributed by atoms with van der Waals surface area (Å²) in [6.45, 7) is 4.51. The Morgan fingerprint density at radius 3 is 2.95 bits per heavy atom. The van der Waals surface area contributed by atoms with Gasteiger partial charge in [0.1, 0.15) is 10.6 Å². The normalized spacial score (nSPS) is 16.3. The van der Waals surface area contributed by atoms with Crippen molar-refractivity contribution in [3.63, 3.8) is 0 Å². The van der Waals surface area contributed by atoms with Gasteiger partial charge in [-0.2, -0.15) is 4.98 Å². The molecule has 19 heavy (non-hydrogen) atoms. The fourth-order valence-electron chi connectivity index (χ4n) is 2.51. The predicted octanol–water partition coefficient (Wildman–Crippen LogP) is 2.88. The van der Waals surface area contributed by atoms with Crippen molar-refractivity contribution in [2.45, 2.75) is 12.8 Å². The van der Waals surface area contributed by atoms with Gasteiger partial charge in [0.25, 0.3) is 0 Å². The minimum Gasteiger partial charge on any atom is -0.358 e. The summed E-state index contributed by atoms with van der Waals surface area (Å²) in [7, 11) is 2.08. The molecule has 2 aromatic rings. The van der Waals surface area contributed by atoms with Crippen LogP contribution in [0.3, 0.4) is 0 Å². The van der Waals surface area contributed by atoms with Gasteiger partial charge in [-0.3, -0.25) is 0 Å². The zero-order chi connectivity index (χ0) is 13.2. The molecule has 1 fully saturated rings. The Kier molecular flexibility index (Phi) is 3.86. The molecule has 6 heteroatoms. The van der Waals surface area contributed by atoms with Crippen molar-refractivity contribution in [2.24, 2.45) is 0 Å². The third-order valence-corrected chi connectivity index (χ3v) is 4.57. The first kappa shape index (κ1) is 13.1. The Labute approximate surface area is 122 Å². The number of fused-ring (bicyclic) bond motifs is 1. The fraction of sp³-hybridized carbons (Fsp3) is 0.538. The summed E-state index contributed by atoms with van der Waals surface area (Å²) in [5.41, 5.74) is 0. The summed E-state index contributed by atoms with van der Waals surface area (Å²) < 4.78 is 0. The highest BCUT2D eigenvalue weighted by atomic mass is 35.5. The van der Waals surface area contributed by atoms with Crippen molar-refractivity contribution < 1.29 is 0 Å². The van der Waals surface area contributed by atoms with Crippen molar-refractivity contribution in [3.05, 3.63) is 16.7 Å². The maximum Gasteiger partial charge on any atom is 0.225 e. The molecule has 0 aliphatic carbocycles. The van der Waals surface area contributed by atoms with Crippen LogP contribution in [0.25, 0.3) is 10.2 Å². The second-order valence-electron chi connectivity index (χ2n) is 4.93. The molecule has 0 amide bonds. The van der Waals surface area contributed by atoms with Crippen LogP contribution in [-0.2, 0) is 0 Å². The minimum atomic E-state index is 0.331. The molecule has 1 aliphatic heterocycles. The van der Waals surface area contributed by atoms with E-state index in [0.717, 1.165) is 29.1 Å². The lowest BCUT2D eigenvalue weighted by Crippen LogP contribution is -2.31. The topological polar surface area (TPSA) is 32.3 Å². The molecule has 3 rings (SSSR count). The van der Waals surface area contributed by atoms with Gasteiger partial charge in [0.2, 0.25) is 5.28 Å². The van der Waals surface area contributed by atoms with E-state index in [0.29, 0.717) is 5.28 Å². The van der Waals surface area contributed by atoms with E-state index in [1.54, 1.807) is 11.3 Å². The molecule has 0 saturated carbocycles. The second kappa shape index (κ2) is 5.61. The Balaban J connectivity index is 1.76. The molecule has 2 aromatic heterocycles. The van der Waals surface area contributed by atoms with Gasteiger partial charge in [-0.25, -0.2) is 4.98 Å². The summed E-state index contributed by atoms with van der Waals surface area (Å²) in [6, 6.07) is 2.07. The third kappa shape index (κ3) is 2.83. The van der Waals surface area contributed by atoms with Crippen LogP contribution in [0.15, 0.2) is 11.4 Å². The van der Waals surface area contributed by atoms with Crippen molar-refractivity contribution in [3.8, 4) is 0 Å². The molecule has 0 N–H and O–H groups in total. The zero-order valence-corrected chi connectivity index (χ0v) is 12.5. The number of thiophene rings is 1. The lowest BCUT2D eigenvalue weighted by molar-refractivity contribution is 0.346. The number of halogens is 1. The maximum atomic E-state index is 6.00. The average Bonchev–Trinajstić information content (AvgIpc) is 3.05. The van der Waals surface area contributed by atoms with Crippen molar-refractivity contribution in [1.29, 1.82) is 0 Å². The summed E-state index contributed by atoms with van der Waals surface area (Å²) in [4.78, 5) is 14.3. The van der Waals surface area contributed by atoms with E-state index in [1.807, 2.05) is 5.38 Å². The first-order valence-electron chi connectivity index (χ1n) is 6.58. The Bertz CT molecular complexity index is 565. The molecular formula is C13H17ClN4S. The van der Waals surface area contributed by atoms with Gasteiger partial charge < -0.3 is 9.80 Å². The quantitative estimate of drug-likeness (QED) is 0.812. The van der Waals surface area contributed by atoms with E-state index < -0.39 is 0 Å². The largest absolute Gasteiger partial charge is 0.358 e. The highest BCUT2D eigenvalue weighted by Crippen LogP contribution is 2.28. The number of anilines is 1. The molecule has 0 unspecified atom stereocenters. The van der Waals surface area contributed by atoms with Crippen LogP contribution >= 0.6 is 22.9 Å². The number of likely N-dealkylation sites (N-methyl/N-ethyl adjacent to an activating group) is 1. The van der Waals surface area contributed by atoms with E-state index in [2.05, 4.69) is 32.9 Å². The monoisotopic (exact) mass is 296 g/mol. The molecule has 0 bridgehead atoms. The number of aromatic nitrogens is 2. The summed E-state index contributed by atoms with van der Waals surface area (Å²) >= 11 is 7.60. The lowest BCUT2D eigenvalue weighted by Gasteiger charge is -2.22. The molecule has 3 heterocycles. The predicted molar refractivity (Wildman–Crippen MR) is 81.4 cm³/mol. The van der Waals surface area contributed by atoms with Crippen LogP contribution in [0, 0.1) is 0 Å². The van der Waals surface area contributed by atoms with Gasteiger partial charge in [0.15, 0.2) is 0 Å². The van der Waals surface area contributed by atoms with Crippen LogP contribution < -0.4 is 4.90 Å². The Morgan fingerprint density at radius 2 is 2.16 bits per heavy atom. The van der Waals surface area contributed by atoms with Gasteiger partial charge in [0, 0.05) is 20.1 Å². The standard InChI is InChI=1S/C13H17ClN4S/c1-17(7-8-18-5-2-3-6-18)11-10-4-9-19-12(10)16-13(14)15-11/h4,9H,2-3,5-8H2,1H3. The van der Waals surface area contributed by atoms with Gasteiger partial charge in [-0.1, -0.05) is 0 Å². The number of hydrogen-bond acceptors (Lipinski definition) is 5. The van der Waals surface area contributed by atoms with E-state index in [4.69, 9.17) is 11.6 Å². The average molecular weight is 297 g/mol. The summed E-state index contributed by atoms with van der Waals surface area (Å²) in [5, 5.41) is 3.46. The number of likely N-dealkylation sites (tertiary alicyclic amines) is 1. The van der Waals surface area contributed by atoms with Gasteiger partial charge >= 0.3 is 0 Å². The van der Waals surface area contributed by atoms with Gasteiger partial charge in [0.05, 0.1) is 5.39 Å². The summed E-state index contributed by atoms with van der Waals surface area (Å²) in [5.74, 6) is 0.940.